The van der Waals surface area contributed by atoms with Crippen LogP contribution in [-0.4, -0.2) is 57.0 Å². The van der Waals surface area contributed by atoms with Gasteiger partial charge in [-0.05, 0) is 76.6 Å². The predicted molar refractivity (Wildman–Crippen MR) is 127 cm³/mol. The summed E-state index contributed by atoms with van der Waals surface area (Å²) in [5.41, 5.74) is 2.80. The van der Waals surface area contributed by atoms with Crippen LogP contribution in [-0.2, 0) is 7.05 Å². The number of hydrogen-bond donors (Lipinski definition) is 0. The molecule has 0 saturated carbocycles. The number of hydrogen-bond acceptors (Lipinski definition) is 3. The van der Waals surface area contributed by atoms with E-state index < -0.39 is 0 Å². The van der Waals surface area contributed by atoms with Crippen LogP contribution in [0.3, 0.4) is 0 Å². The standard InChI is InChI=1S/C26H40N4O/c1-6-8-21(9-7-2)30(17-19-14-22-11-12-23(15-19)29(22)5)26(31)20-10-13-25-24(16-20)27-18(3)28(25)4/h10,13,16,19,21-23H,6-9,11-12,14-15,17H2,1-5H3/t19?,22-,23+. The second-order valence-electron chi connectivity index (χ2n) is 10.00. The van der Waals surface area contributed by atoms with Crippen molar-refractivity contribution in [3.8, 4) is 0 Å². The van der Waals surface area contributed by atoms with Crippen LogP contribution in [0.2, 0.25) is 0 Å². The summed E-state index contributed by atoms with van der Waals surface area (Å²) in [5.74, 6) is 1.80. The van der Waals surface area contributed by atoms with Crippen molar-refractivity contribution in [3.63, 3.8) is 0 Å². The van der Waals surface area contributed by atoms with Gasteiger partial charge < -0.3 is 14.4 Å². The van der Waals surface area contributed by atoms with Crippen molar-refractivity contribution in [2.45, 2.75) is 90.3 Å². The molecule has 0 N–H and O–H groups in total. The van der Waals surface area contributed by atoms with Gasteiger partial charge in [0.05, 0.1) is 11.0 Å². The first-order valence-electron chi connectivity index (χ1n) is 12.4. The highest BCUT2D eigenvalue weighted by atomic mass is 16.2. The number of aromatic nitrogens is 2. The van der Waals surface area contributed by atoms with Gasteiger partial charge in [0.1, 0.15) is 5.82 Å². The zero-order valence-corrected chi connectivity index (χ0v) is 20.1. The number of carbonyl (C=O) groups is 1. The van der Waals surface area contributed by atoms with Crippen molar-refractivity contribution in [3.05, 3.63) is 29.6 Å². The topological polar surface area (TPSA) is 41.4 Å². The smallest absolute Gasteiger partial charge is 0.254 e. The van der Waals surface area contributed by atoms with Gasteiger partial charge in [-0.3, -0.25) is 4.79 Å². The van der Waals surface area contributed by atoms with Crippen LogP contribution in [0.1, 0.15) is 81.4 Å². The van der Waals surface area contributed by atoms with E-state index in [9.17, 15) is 4.79 Å². The molecule has 170 valence electrons. The number of rotatable bonds is 8. The van der Waals surface area contributed by atoms with E-state index in [1.54, 1.807) is 0 Å². The lowest BCUT2D eigenvalue weighted by Gasteiger charge is -2.40. The Kier molecular flexibility index (Phi) is 6.71. The third-order valence-electron chi connectivity index (χ3n) is 7.95. The molecule has 0 spiro atoms. The molecule has 2 aliphatic rings. The molecule has 2 saturated heterocycles. The van der Waals surface area contributed by atoms with Crippen LogP contribution >= 0.6 is 0 Å². The number of fused-ring (bicyclic) bond motifs is 3. The van der Waals surface area contributed by atoms with E-state index in [1.807, 2.05) is 26.1 Å². The van der Waals surface area contributed by atoms with Gasteiger partial charge in [-0.25, -0.2) is 4.98 Å². The Morgan fingerprint density at radius 2 is 1.77 bits per heavy atom. The number of amides is 1. The predicted octanol–water partition coefficient (Wildman–Crippen LogP) is 5.17. The molecule has 1 aromatic carbocycles. The molecule has 3 atom stereocenters. The Hall–Kier alpha value is -1.88. The SMILES string of the molecule is CCCC(CCC)N(CC1C[C@H]2CC[C@@H](C1)N2C)C(=O)c1ccc2c(c1)nc(C)n2C. The summed E-state index contributed by atoms with van der Waals surface area (Å²) in [7, 11) is 4.33. The Morgan fingerprint density at radius 1 is 1.13 bits per heavy atom. The molecular formula is C26H40N4O. The molecule has 0 radical (unpaired) electrons. The summed E-state index contributed by atoms with van der Waals surface area (Å²) in [6.07, 6.45) is 9.54. The van der Waals surface area contributed by atoms with E-state index in [2.05, 4.69) is 46.3 Å². The second kappa shape index (κ2) is 9.32. The van der Waals surface area contributed by atoms with Gasteiger partial charge in [0.25, 0.3) is 5.91 Å². The molecule has 2 fully saturated rings. The molecule has 2 bridgehead atoms. The minimum Gasteiger partial charge on any atom is -0.335 e. The van der Waals surface area contributed by atoms with Crippen LogP contribution in [0.15, 0.2) is 18.2 Å². The third-order valence-corrected chi connectivity index (χ3v) is 7.95. The second-order valence-corrected chi connectivity index (χ2v) is 10.00. The fourth-order valence-electron chi connectivity index (χ4n) is 6.09. The van der Waals surface area contributed by atoms with Crippen molar-refractivity contribution in [1.29, 1.82) is 0 Å². The number of benzene rings is 1. The van der Waals surface area contributed by atoms with Crippen molar-refractivity contribution in [1.82, 2.24) is 19.4 Å². The number of nitrogens with zero attached hydrogens (tertiary/aromatic N) is 4. The third kappa shape index (κ3) is 4.39. The van der Waals surface area contributed by atoms with E-state index in [0.29, 0.717) is 24.0 Å². The van der Waals surface area contributed by atoms with Crippen LogP contribution in [0.5, 0.6) is 0 Å². The number of piperidine rings is 1. The molecule has 5 nitrogen and oxygen atoms in total. The first-order chi connectivity index (χ1) is 14.9. The highest BCUT2D eigenvalue weighted by Crippen LogP contribution is 2.38. The fraction of sp³-hybridized carbons (Fsp3) is 0.692. The minimum atomic E-state index is 0.198. The Bertz CT molecular complexity index is 900. The maximum absolute atomic E-state index is 13.9. The van der Waals surface area contributed by atoms with Gasteiger partial charge in [0.15, 0.2) is 0 Å². The van der Waals surface area contributed by atoms with Gasteiger partial charge in [-0.15, -0.1) is 0 Å². The van der Waals surface area contributed by atoms with E-state index in [1.165, 1.54) is 25.7 Å². The Morgan fingerprint density at radius 3 is 2.39 bits per heavy atom. The van der Waals surface area contributed by atoms with E-state index in [-0.39, 0.29) is 5.91 Å². The lowest BCUT2D eigenvalue weighted by atomic mass is 9.89. The Balaban J connectivity index is 1.60. The quantitative estimate of drug-likeness (QED) is 0.587. The number of aryl methyl sites for hydroxylation is 2. The number of carbonyl (C=O) groups excluding carboxylic acids is 1. The summed E-state index contributed by atoms with van der Waals surface area (Å²) in [6.45, 7) is 7.40. The Labute approximate surface area is 187 Å². The maximum atomic E-state index is 13.9. The van der Waals surface area contributed by atoms with Crippen molar-refractivity contribution < 1.29 is 4.79 Å². The summed E-state index contributed by atoms with van der Waals surface area (Å²) >= 11 is 0. The fourth-order valence-corrected chi connectivity index (χ4v) is 6.09. The molecule has 1 aromatic heterocycles. The summed E-state index contributed by atoms with van der Waals surface area (Å²) in [6, 6.07) is 7.83. The molecule has 4 rings (SSSR count). The summed E-state index contributed by atoms with van der Waals surface area (Å²) < 4.78 is 2.09. The van der Waals surface area contributed by atoms with Crippen molar-refractivity contribution in [2.24, 2.45) is 13.0 Å². The van der Waals surface area contributed by atoms with Crippen LogP contribution < -0.4 is 0 Å². The van der Waals surface area contributed by atoms with Crippen LogP contribution in [0.25, 0.3) is 11.0 Å². The van der Waals surface area contributed by atoms with Crippen LogP contribution in [0.4, 0.5) is 0 Å². The molecule has 1 unspecified atom stereocenters. The lowest BCUT2D eigenvalue weighted by Crippen LogP contribution is -2.47. The average molecular weight is 425 g/mol. The zero-order valence-electron chi connectivity index (χ0n) is 20.1. The van der Waals surface area contributed by atoms with E-state index >= 15 is 0 Å². The average Bonchev–Trinajstić information content (AvgIpc) is 3.13. The molecule has 1 amide bonds. The van der Waals surface area contributed by atoms with Gasteiger partial charge in [-0.2, -0.15) is 0 Å². The number of imidazole rings is 1. The molecular weight excluding hydrogens is 384 g/mol. The summed E-state index contributed by atoms with van der Waals surface area (Å²) in [4.78, 5) is 23.4. The molecule has 3 heterocycles. The lowest BCUT2D eigenvalue weighted by molar-refractivity contribution is 0.0519. The van der Waals surface area contributed by atoms with Gasteiger partial charge in [0.2, 0.25) is 0 Å². The van der Waals surface area contributed by atoms with Gasteiger partial charge in [-0.1, -0.05) is 26.7 Å². The molecule has 2 aromatic rings. The molecule has 31 heavy (non-hydrogen) atoms. The normalized spacial score (nSPS) is 23.7. The minimum absolute atomic E-state index is 0.198. The molecule has 5 heteroatoms. The van der Waals surface area contributed by atoms with Crippen molar-refractivity contribution in [2.75, 3.05) is 13.6 Å². The maximum Gasteiger partial charge on any atom is 0.254 e. The highest BCUT2D eigenvalue weighted by Gasteiger charge is 2.40. The van der Waals surface area contributed by atoms with Gasteiger partial charge in [0, 0.05) is 37.3 Å². The summed E-state index contributed by atoms with van der Waals surface area (Å²) in [5, 5.41) is 0. The molecule has 0 aliphatic carbocycles. The largest absolute Gasteiger partial charge is 0.335 e. The molecule has 2 aliphatic heterocycles. The van der Waals surface area contributed by atoms with Crippen molar-refractivity contribution >= 4 is 16.9 Å². The van der Waals surface area contributed by atoms with Crippen LogP contribution in [0, 0.1) is 12.8 Å². The zero-order chi connectivity index (χ0) is 22.1. The van der Waals surface area contributed by atoms with Gasteiger partial charge >= 0.3 is 0 Å². The monoisotopic (exact) mass is 424 g/mol. The van der Waals surface area contributed by atoms with E-state index in [0.717, 1.165) is 54.6 Å². The first-order valence-corrected chi connectivity index (χ1v) is 12.4. The highest BCUT2D eigenvalue weighted by molar-refractivity contribution is 5.97. The van der Waals surface area contributed by atoms with E-state index in [4.69, 9.17) is 0 Å². The first kappa shape index (κ1) is 22.3.